The highest BCUT2D eigenvalue weighted by Crippen LogP contribution is 2.31. The maximum Gasteiger partial charge on any atom is 0.253 e. The Morgan fingerprint density at radius 3 is 2.50 bits per heavy atom. The number of amides is 1. The summed E-state index contributed by atoms with van der Waals surface area (Å²) in [6.07, 6.45) is 0. The number of rotatable bonds is 3. The summed E-state index contributed by atoms with van der Waals surface area (Å²) >= 11 is 0. The Balaban J connectivity index is 1.34. The van der Waals surface area contributed by atoms with Gasteiger partial charge in [-0.05, 0) is 36.8 Å². The van der Waals surface area contributed by atoms with Crippen LogP contribution in [0, 0.1) is 6.92 Å². The van der Waals surface area contributed by atoms with Crippen molar-refractivity contribution in [3.63, 3.8) is 0 Å². The quantitative estimate of drug-likeness (QED) is 0.852. The normalized spacial score (nSPS) is 17.2. The first-order chi connectivity index (χ1) is 12.7. The van der Waals surface area contributed by atoms with Crippen LogP contribution in [-0.2, 0) is 6.54 Å². The number of hydrogen-bond donors (Lipinski definition) is 0. The van der Waals surface area contributed by atoms with Crippen molar-refractivity contribution >= 4 is 5.91 Å². The highest BCUT2D eigenvalue weighted by Gasteiger charge is 2.22. The van der Waals surface area contributed by atoms with Crippen LogP contribution in [0.1, 0.15) is 21.5 Å². The van der Waals surface area contributed by atoms with E-state index in [1.807, 2.05) is 42.2 Å². The Bertz CT molecular complexity index is 798. The van der Waals surface area contributed by atoms with Crippen LogP contribution >= 0.6 is 0 Å². The predicted molar refractivity (Wildman–Crippen MR) is 99.8 cm³/mol. The molecule has 5 heteroatoms. The van der Waals surface area contributed by atoms with Crippen LogP contribution in [0.4, 0.5) is 0 Å². The zero-order valence-electron chi connectivity index (χ0n) is 15.1. The molecular weight excluding hydrogens is 328 g/mol. The number of carbonyl (C=O) groups is 1. The van der Waals surface area contributed by atoms with Crippen LogP contribution in [0.15, 0.2) is 42.5 Å². The summed E-state index contributed by atoms with van der Waals surface area (Å²) in [6, 6.07) is 14.0. The Labute approximate surface area is 154 Å². The van der Waals surface area contributed by atoms with Gasteiger partial charge in [0.25, 0.3) is 5.91 Å². The van der Waals surface area contributed by atoms with E-state index in [0.717, 1.165) is 55.3 Å². The summed E-state index contributed by atoms with van der Waals surface area (Å²) in [5.74, 6) is 1.79. The third-order valence-electron chi connectivity index (χ3n) is 4.94. The standard InChI is InChI=1S/C21H24N2O3/c1-16-3-2-4-18(13-16)21(24)23-9-7-22(8-10-23)15-17-5-6-19-20(14-17)26-12-11-25-19/h2-6,13-14H,7-12,15H2,1H3. The van der Waals surface area contributed by atoms with Crippen LogP contribution in [0.5, 0.6) is 11.5 Å². The van der Waals surface area contributed by atoms with Crippen molar-refractivity contribution in [2.75, 3.05) is 39.4 Å². The Morgan fingerprint density at radius 1 is 0.962 bits per heavy atom. The van der Waals surface area contributed by atoms with Crippen LogP contribution in [-0.4, -0.2) is 55.1 Å². The van der Waals surface area contributed by atoms with E-state index >= 15 is 0 Å². The van der Waals surface area contributed by atoms with Gasteiger partial charge in [0.15, 0.2) is 11.5 Å². The molecule has 4 rings (SSSR count). The van der Waals surface area contributed by atoms with Crippen molar-refractivity contribution < 1.29 is 14.3 Å². The first kappa shape index (κ1) is 16.9. The molecule has 0 N–H and O–H groups in total. The highest BCUT2D eigenvalue weighted by atomic mass is 16.6. The third kappa shape index (κ3) is 3.68. The first-order valence-electron chi connectivity index (χ1n) is 9.16. The second-order valence-electron chi connectivity index (χ2n) is 6.92. The second-order valence-corrected chi connectivity index (χ2v) is 6.92. The molecule has 2 heterocycles. The van der Waals surface area contributed by atoms with Gasteiger partial charge in [-0.15, -0.1) is 0 Å². The minimum atomic E-state index is 0.132. The number of ether oxygens (including phenoxy) is 2. The number of fused-ring (bicyclic) bond motifs is 1. The summed E-state index contributed by atoms with van der Waals surface area (Å²) in [6.45, 7) is 7.39. The fourth-order valence-electron chi connectivity index (χ4n) is 3.51. The monoisotopic (exact) mass is 352 g/mol. The Morgan fingerprint density at radius 2 is 1.73 bits per heavy atom. The van der Waals surface area contributed by atoms with E-state index in [1.165, 1.54) is 5.56 Å². The average molecular weight is 352 g/mol. The predicted octanol–water partition coefficient (Wildman–Crippen LogP) is 2.72. The van der Waals surface area contributed by atoms with Crippen molar-refractivity contribution in [2.45, 2.75) is 13.5 Å². The molecule has 0 spiro atoms. The summed E-state index contributed by atoms with van der Waals surface area (Å²) in [5.41, 5.74) is 3.12. The minimum absolute atomic E-state index is 0.132. The van der Waals surface area contributed by atoms with Gasteiger partial charge in [0.05, 0.1) is 0 Å². The van der Waals surface area contributed by atoms with Crippen LogP contribution in [0.25, 0.3) is 0 Å². The van der Waals surface area contributed by atoms with Crippen molar-refractivity contribution in [1.29, 1.82) is 0 Å². The van der Waals surface area contributed by atoms with E-state index in [9.17, 15) is 4.79 Å². The molecule has 2 aliphatic rings. The molecule has 0 aliphatic carbocycles. The van der Waals surface area contributed by atoms with Gasteiger partial charge in [-0.3, -0.25) is 9.69 Å². The smallest absolute Gasteiger partial charge is 0.253 e. The van der Waals surface area contributed by atoms with Gasteiger partial charge in [0.1, 0.15) is 13.2 Å². The summed E-state index contributed by atoms with van der Waals surface area (Å²) < 4.78 is 11.2. The van der Waals surface area contributed by atoms with Crippen LogP contribution < -0.4 is 9.47 Å². The summed E-state index contributed by atoms with van der Waals surface area (Å²) in [5, 5.41) is 0. The number of aryl methyl sites for hydroxylation is 1. The molecule has 1 saturated heterocycles. The van der Waals surface area contributed by atoms with Gasteiger partial charge in [-0.2, -0.15) is 0 Å². The molecule has 0 atom stereocenters. The molecule has 0 aromatic heterocycles. The second kappa shape index (κ2) is 7.38. The van der Waals surface area contributed by atoms with E-state index in [-0.39, 0.29) is 5.91 Å². The van der Waals surface area contributed by atoms with E-state index < -0.39 is 0 Å². The molecule has 0 radical (unpaired) electrons. The molecule has 2 aliphatic heterocycles. The maximum atomic E-state index is 12.7. The minimum Gasteiger partial charge on any atom is -0.486 e. The Kier molecular flexibility index (Phi) is 4.80. The van der Waals surface area contributed by atoms with Crippen LogP contribution in [0.3, 0.4) is 0 Å². The number of carbonyl (C=O) groups excluding carboxylic acids is 1. The average Bonchev–Trinajstić information content (AvgIpc) is 2.68. The zero-order chi connectivity index (χ0) is 17.9. The molecule has 26 heavy (non-hydrogen) atoms. The van der Waals surface area contributed by atoms with Gasteiger partial charge in [-0.25, -0.2) is 0 Å². The lowest BCUT2D eigenvalue weighted by Crippen LogP contribution is -2.48. The highest BCUT2D eigenvalue weighted by molar-refractivity contribution is 5.94. The fraction of sp³-hybridized carbons (Fsp3) is 0.381. The van der Waals surface area contributed by atoms with Gasteiger partial charge in [0, 0.05) is 38.3 Å². The fourth-order valence-corrected chi connectivity index (χ4v) is 3.51. The lowest BCUT2D eigenvalue weighted by molar-refractivity contribution is 0.0628. The third-order valence-corrected chi connectivity index (χ3v) is 4.94. The molecule has 5 nitrogen and oxygen atoms in total. The van der Waals surface area contributed by atoms with E-state index in [0.29, 0.717) is 13.2 Å². The molecule has 0 saturated carbocycles. The molecule has 0 unspecified atom stereocenters. The molecule has 1 fully saturated rings. The van der Waals surface area contributed by atoms with Gasteiger partial charge in [0.2, 0.25) is 0 Å². The van der Waals surface area contributed by atoms with Crippen molar-refractivity contribution in [3.05, 3.63) is 59.2 Å². The van der Waals surface area contributed by atoms with Crippen LogP contribution in [0.2, 0.25) is 0 Å². The van der Waals surface area contributed by atoms with E-state index in [2.05, 4.69) is 17.0 Å². The number of piperazine rings is 1. The van der Waals surface area contributed by atoms with Gasteiger partial charge in [-0.1, -0.05) is 23.8 Å². The van der Waals surface area contributed by atoms with E-state index in [4.69, 9.17) is 9.47 Å². The summed E-state index contributed by atoms with van der Waals surface area (Å²) in [4.78, 5) is 17.0. The molecular formula is C21H24N2O3. The van der Waals surface area contributed by atoms with Crippen molar-refractivity contribution in [3.8, 4) is 11.5 Å². The number of nitrogens with zero attached hydrogens (tertiary/aromatic N) is 2. The van der Waals surface area contributed by atoms with Gasteiger partial charge >= 0.3 is 0 Å². The molecule has 0 bridgehead atoms. The topological polar surface area (TPSA) is 42.0 Å². The zero-order valence-corrected chi connectivity index (χ0v) is 15.1. The maximum absolute atomic E-state index is 12.7. The van der Waals surface area contributed by atoms with Crippen molar-refractivity contribution in [2.24, 2.45) is 0 Å². The van der Waals surface area contributed by atoms with Gasteiger partial charge < -0.3 is 14.4 Å². The molecule has 2 aromatic rings. The Hall–Kier alpha value is -2.53. The summed E-state index contributed by atoms with van der Waals surface area (Å²) in [7, 11) is 0. The molecule has 136 valence electrons. The molecule has 1 amide bonds. The SMILES string of the molecule is Cc1cccc(C(=O)N2CCN(Cc3ccc4c(c3)OCCO4)CC2)c1. The lowest BCUT2D eigenvalue weighted by atomic mass is 10.1. The van der Waals surface area contributed by atoms with Crippen molar-refractivity contribution in [1.82, 2.24) is 9.80 Å². The van der Waals surface area contributed by atoms with E-state index in [1.54, 1.807) is 0 Å². The number of hydrogen-bond acceptors (Lipinski definition) is 4. The largest absolute Gasteiger partial charge is 0.486 e. The first-order valence-corrected chi connectivity index (χ1v) is 9.16. The molecule has 2 aromatic carbocycles. The number of benzene rings is 2. The lowest BCUT2D eigenvalue weighted by Gasteiger charge is -2.35.